The summed E-state index contributed by atoms with van der Waals surface area (Å²) in [7, 11) is 0. The number of pyridine rings is 1. The molecule has 0 saturated carbocycles. The third-order valence-corrected chi connectivity index (χ3v) is 6.79. The summed E-state index contributed by atoms with van der Waals surface area (Å²) in [4.78, 5) is 26.5. The third kappa shape index (κ3) is 5.16. The molecule has 0 aliphatic carbocycles. The first-order valence-electron chi connectivity index (χ1n) is 11.9. The number of benzene rings is 2. The van der Waals surface area contributed by atoms with Crippen LogP contribution in [-0.2, 0) is 6.54 Å². The van der Waals surface area contributed by atoms with E-state index in [-0.39, 0.29) is 6.03 Å². The van der Waals surface area contributed by atoms with E-state index in [2.05, 4.69) is 51.0 Å². The van der Waals surface area contributed by atoms with Gasteiger partial charge in [0.1, 0.15) is 11.3 Å². The Morgan fingerprint density at radius 3 is 2.54 bits per heavy atom. The molecule has 2 aromatic carbocycles. The van der Waals surface area contributed by atoms with E-state index in [1.54, 1.807) is 6.07 Å². The molecule has 180 valence electrons. The highest BCUT2D eigenvalue weighted by atomic mass is 35.5. The number of aryl methyl sites for hydroxylation is 2. The van der Waals surface area contributed by atoms with Crippen LogP contribution in [0.25, 0.3) is 22.6 Å². The first-order valence-corrected chi connectivity index (χ1v) is 12.3. The number of nitrogens with zero attached hydrogens (tertiary/aromatic N) is 5. The predicted octanol–water partition coefficient (Wildman–Crippen LogP) is 5.22. The van der Waals surface area contributed by atoms with Gasteiger partial charge < -0.3 is 14.8 Å². The second kappa shape index (κ2) is 10.1. The number of urea groups is 1. The summed E-state index contributed by atoms with van der Waals surface area (Å²) >= 11 is 6.09. The smallest absolute Gasteiger partial charge is 0.321 e. The quantitative estimate of drug-likeness (QED) is 0.418. The minimum atomic E-state index is -0.0820. The topological polar surface area (TPSA) is 66.3 Å². The molecule has 1 N–H and O–H groups in total. The van der Waals surface area contributed by atoms with Crippen LogP contribution in [0.5, 0.6) is 0 Å². The van der Waals surface area contributed by atoms with E-state index >= 15 is 0 Å². The van der Waals surface area contributed by atoms with Crippen molar-refractivity contribution in [1.82, 2.24) is 24.3 Å². The van der Waals surface area contributed by atoms with Gasteiger partial charge in [0.25, 0.3) is 0 Å². The Labute approximate surface area is 210 Å². The lowest BCUT2D eigenvalue weighted by Crippen LogP contribution is -2.50. The largest absolute Gasteiger partial charge is 0.322 e. The maximum absolute atomic E-state index is 12.8. The molecule has 1 fully saturated rings. The number of imidazole rings is 1. The molecule has 2 amide bonds. The summed E-state index contributed by atoms with van der Waals surface area (Å²) < 4.78 is 2.21. The molecule has 0 spiro atoms. The fraction of sp³-hybridized carbons (Fsp3) is 0.296. The van der Waals surface area contributed by atoms with Crippen molar-refractivity contribution in [3.8, 4) is 11.4 Å². The molecule has 7 nitrogen and oxygen atoms in total. The summed E-state index contributed by atoms with van der Waals surface area (Å²) in [5, 5.41) is 3.62. The summed E-state index contributed by atoms with van der Waals surface area (Å²) in [6.07, 6.45) is 1.82. The number of halogens is 1. The number of rotatable bonds is 5. The molecule has 5 rings (SSSR count). The molecule has 2 aromatic heterocycles. The molecule has 1 aliphatic heterocycles. The molecule has 4 aromatic rings. The minimum Gasteiger partial charge on any atom is -0.322 e. The Morgan fingerprint density at radius 2 is 1.77 bits per heavy atom. The van der Waals surface area contributed by atoms with Gasteiger partial charge in [0, 0.05) is 61.7 Å². The molecular weight excluding hydrogens is 460 g/mol. The number of piperazine rings is 1. The van der Waals surface area contributed by atoms with Gasteiger partial charge in [0.2, 0.25) is 0 Å². The number of aromatic nitrogens is 3. The highest BCUT2D eigenvalue weighted by molar-refractivity contribution is 6.31. The molecular formula is C27H29ClN6O. The zero-order valence-corrected chi connectivity index (χ0v) is 20.8. The van der Waals surface area contributed by atoms with Gasteiger partial charge in [-0.25, -0.2) is 14.8 Å². The van der Waals surface area contributed by atoms with Gasteiger partial charge in [-0.15, -0.1) is 0 Å². The fourth-order valence-corrected chi connectivity index (χ4v) is 4.60. The zero-order valence-electron chi connectivity index (χ0n) is 20.0. The van der Waals surface area contributed by atoms with Crippen LogP contribution in [0.15, 0.2) is 60.8 Å². The lowest BCUT2D eigenvalue weighted by molar-refractivity contribution is 0.145. The highest BCUT2D eigenvalue weighted by Gasteiger charge is 2.22. The maximum atomic E-state index is 12.8. The Hall–Kier alpha value is -3.42. The van der Waals surface area contributed by atoms with Crippen molar-refractivity contribution in [3.05, 3.63) is 76.9 Å². The van der Waals surface area contributed by atoms with Crippen molar-refractivity contribution in [2.75, 3.05) is 38.0 Å². The highest BCUT2D eigenvalue weighted by Crippen LogP contribution is 2.24. The van der Waals surface area contributed by atoms with E-state index in [0.717, 1.165) is 60.0 Å². The van der Waals surface area contributed by atoms with Gasteiger partial charge in [-0.1, -0.05) is 47.5 Å². The van der Waals surface area contributed by atoms with Gasteiger partial charge in [0.15, 0.2) is 5.65 Å². The predicted molar refractivity (Wildman–Crippen MR) is 141 cm³/mol. The van der Waals surface area contributed by atoms with Gasteiger partial charge in [0.05, 0.1) is 0 Å². The van der Waals surface area contributed by atoms with Crippen molar-refractivity contribution < 1.29 is 4.79 Å². The SMILES string of the molecule is Cc1ccc(-c2nc3cccnc3n2CCN2CCN(C(=O)Nc3cc(Cl)ccc3C)CC2)cc1. The number of hydrogen-bond donors (Lipinski definition) is 1. The van der Waals surface area contributed by atoms with Crippen LogP contribution in [0.2, 0.25) is 5.02 Å². The van der Waals surface area contributed by atoms with Gasteiger partial charge in [-0.2, -0.15) is 0 Å². The fourth-order valence-electron chi connectivity index (χ4n) is 4.43. The van der Waals surface area contributed by atoms with Gasteiger partial charge >= 0.3 is 6.03 Å². The average Bonchev–Trinajstić information content (AvgIpc) is 3.24. The van der Waals surface area contributed by atoms with Crippen LogP contribution >= 0.6 is 11.6 Å². The van der Waals surface area contributed by atoms with Crippen molar-refractivity contribution >= 4 is 34.5 Å². The number of fused-ring (bicyclic) bond motifs is 1. The molecule has 0 unspecified atom stereocenters. The van der Waals surface area contributed by atoms with Crippen LogP contribution in [0, 0.1) is 13.8 Å². The monoisotopic (exact) mass is 488 g/mol. The van der Waals surface area contributed by atoms with Crippen LogP contribution in [0.4, 0.5) is 10.5 Å². The third-order valence-electron chi connectivity index (χ3n) is 6.55. The second-order valence-electron chi connectivity index (χ2n) is 9.02. The van der Waals surface area contributed by atoms with Crippen molar-refractivity contribution in [1.29, 1.82) is 0 Å². The Morgan fingerprint density at radius 1 is 1.00 bits per heavy atom. The van der Waals surface area contributed by atoms with Crippen molar-refractivity contribution in [3.63, 3.8) is 0 Å². The summed E-state index contributed by atoms with van der Waals surface area (Å²) in [6, 6.07) is 17.8. The lowest BCUT2D eigenvalue weighted by atomic mass is 10.1. The van der Waals surface area contributed by atoms with E-state index in [1.165, 1.54) is 5.56 Å². The van der Waals surface area contributed by atoms with Gasteiger partial charge in [-0.05, 0) is 43.7 Å². The maximum Gasteiger partial charge on any atom is 0.321 e. The number of amides is 2. The minimum absolute atomic E-state index is 0.0820. The van der Waals surface area contributed by atoms with E-state index in [4.69, 9.17) is 16.6 Å². The Balaban J connectivity index is 1.23. The molecule has 8 heteroatoms. The molecule has 1 saturated heterocycles. The van der Waals surface area contributed by atoms with E-state index < -0.39 is 0 Å². The first-order chi connectivity index (χ1) is 17.0. The van der Waals surface area contributed by atoms with Crippen LogP contribution in [-0.4, -0.2) is 63.1 Å². The number of hydrogen-bond acceptors (Lipinski definition) is 4. The van der Waals surface area contributed by atoms with Gasteiger partial charge in [-0.3, -0.25) is 4.90 Å². The number of carbonyl (C=O) groups excluding carboxylic acids is 1. The summed E-state index contributed by atoms with van der Waals surface area (Å²) in [5.41, 5.74) is 5.87. The zero-order chi connectivity index (χ0) is 24.4. The molecule has 1 aliphatic rings. The van der Waals surface area contributed by atoms with Crippen LogP contribution in [0.1, 0.15) is 11.1 Å². The number of nitrogens with one attached hydrogen (secondary N) is 1. The lowest BCUT2D eigenvalue weighted by Gasteiger charge is -2.34. The van der Waals surface area contributed by atoms with E-state index in [1.807, 2.05) is 42.3 Å². The molecule has 0 bridgehead atoms. The molecule has 0 atom stereocenters. The molecule has 35 heavy (non-hydrogen) atoms. The molecule has 0 radical (unpaired) electrons. The van der Waals surface area contributed by atoms with E-state index in [9.17, 15) is 4.79 Å². The number of anilines is 1. The normalized spacial score (nSPS) is 14.4. The average molecular weight is 489 g/mol. The van der Waals surface area contributed by atoms with Crippen LogP contribution in [0.3, 0.4) is 0 Å². The van der Waals surface area contributed by atoms with Crippen LogP contribution < -0.4 is 5.32 Å². The second-order valence-corrected chi connectivity index (χ2v) is 9.45. The van der Waals surface area contributed by atoms with E-state index in [0.29, 0.717) is 18.1 Å². The standard InChI is InChI=1S/C27H29ClN6O/c1-19-5-8-21(9-6-19)25-30-23-4-3-11-29-26(23)34(25)17-14-32-12-15-33(16-13-32)27(35)31-24-18-22(28)10-7-20(24)2/h3-11,18H,12-17H2,1-2H3,(H,31,35). The number of carbonyl (C=O) groups is 1. The van der Waals surface area contributed by atoms with Crippen molar-refractivity contribution in [2.45, 2.75) is 20.4 Å². The Kier molecular flexibility index (Phi) is 6.70. The Bertz CT molecular complexity index is 1340. The summed E-state index contributed by atoms with van der Waals surface area (Å²) in [5.74, 6) is 0.939. The first kappa shape index (κ1) is 23.3. The summed E-state index contributed by atoms with van der Waals surface area (Å²) in [6.45, 7) is 8.70. The molecule has 3 heterocycles. The van der Waals surface area contributed by atoms with Crippen molar-refractivity contribution in [2.24, 2.45) is 0 Å².